The first-order chi connectivity index (χ1) is 11.9. The molecule has 0 unspecified atom stereocenters. The molecular weight excluding hydrogens is 456 g/mol. The largest absolute Gasteiger partial charge is 0.506 e. The molecule has 6 nitrogen and oxygen atoms in total. The highest BCUT2D eigenvalue weighted by atomic mass is 79.9. The number of benzene rings is 2. The molecule has 0 bridgehead atoms. The molecule has 2 N–H and O–H groups in total. The van der Waals surface area contributed by atoms with Gasteiger partial charge in [-0.3, -0.25) is 14.9 Å². The number of hydrogen-bond acceptors (Lipinski definition) is 4. The minimum absolute atomic E-state index is 0.125. The number of rotatable bonds is 2. The second kappa shape index (κ2) is 6.81. The number of amides is 4. The predicted molar refractivity (Wildman–Crippen MR) is 99.0 cm³/mol. The van der Waals surface area contributed by atoms with Crippen molar-refractivity contribution >= 4 is 61.5 Å². The Morgan fingerprint density at radius 1 is 1.04 bits per heavy atom. The van der Waals surface area contributed by atoms with Crippen LogP contribution in [0.25, 0.3) is 6.08 Å². The summed E-state index contributed by atoms with van der Waals surface area (Å²) in [6.07, 6.45) is 1.24. The van der Waals surface area contributed by atoms with Gasteiger partial charge in [-0.15, -0.1) is 0 Å². The molecule has 1 aliphatic heterocycles. The van der Waals surface area contributed by atoms with E-state index in [4.69, 9.17) is 0 Å². The number of imide groups is 2. The van der Waals surface area contributed by atoms with Crippen molar-refractivity contribution in [3.63, 3.8) is 0 Å². The van der Waals surface area contributed by atoms with Gasteiger partial charge in [-0.2, -0.15) is 0 Å². The van der Waals surface area contributed by atoms with E-state index in [1.165, 1.54) is 6.08 Å². The molecular formula is C17H10Br2N2O4. The van der Waals surface area contributed by atoms with Crippen LogP contribution in [0.3, 0.4) is 0 Å². The first kappa shape index (κ1) is 17.4. The third-order valence-electron chi connectivity index (χ3n) is 3.47. The van der Waals surface area contributed by atoms with Gasteiger partial charge in [-0.1, -0.05) is 34.1 Å². The number of nitrogens with one attached hydrogen (secondary N) is 1. The fourth-order valence-electron chi connectivity index (χ4n) is 2.32. The summed E-state index contributed by atoms with van der Waals surface area (Å²) < 4.78 is 1.04. The molecule has 0 radical (unpaired) electrons. The molecule has 1 aliphatic rings. The van der Waals surface area contributed by atoms with E-state index in [1.54, 1.807) is 42.5 Å². The normalized spacial score (nSPS) is 16.3. The van der Waals surface area contributed by atoms with Gasteiger partial charge in [0.25, 0.3) is 11.8 Å². The summed E-state index contributed by atoms with van der Waals surface area (Å²) in [6, 6.07) is 10.6. The smallest absolute Gasteiger partial charge is 0.335 e. The van der Waals surface area contributed by atoms with E-state index in [0.29, 0.717) is 14.6 Å². The number of barbiturate groups is 1. The first-order valence-corrected chi connectivity index (χ1v) is 8.61. The fraction of sp³-hybridized carbons (Fsp3) is 0. The number of para-hydroxylation sites is 1. The minimum atomic E-state index is -0.822. The molecule has 2 aromatic rings. The molecule has 1 heterocycles. The topological polar surface area (TPSA) is 86.7 Å². The van der Waals surface area contributed by atoms with Gasteiger partial charge < -0.3 is 5.11 Å². The van der Waals surface area contributed by atoms with Gasteiger partial charge in [-0.05, 0) is 46.3 Å². The number of halogens is 2. The van der Waals surface area contributed by atoms with Crippen molar-refractivity contribution in [3.8, 4) is 5.75 Å². The van der Waals surface area contributed by atoms with E-state index in [0.717, 1.165) is 4.90 Å². The molecule has 0 atom stereocenters. The Morgan fingerprint density at radius 3 is 2.40 bits per heavy atom. The lowest BCUT2D eigenvalue weighted by Crippen LogP contribution is -2.54. The van der Waals surface area contributed by atoms with E-state index in [-0.39, 0.29) is 16.9 Å². The van der Waals surface area contributed by atoms with E-state index in [1.807, 2.05) is 0 Å². The van der Waals surface area contributed by atoms with Crippen LogP contribution in [0.15, 0.2) is 57.0 Å². The van der Waals surface area contributed by atoms with Gasteiger partial charge in [0.15, 0.2) is 0 Å². The molecule has 4 amide bonds. The van der Waals surface area contributed by atoms with E-state index < -0.39 is 17.8 Å². The predicted octanol–water partition coefficient (Wildman–Crippen LogP) is 3.58. The van der Waals surface area contributed by atoms with Crippen LogP contribution in [-0.4, -0.2) is 23.0 Å². The first-order valence-electron chi connectivity index (χ1n) is 7.03. The summed E-state index contributed by atoms with van der Waals surface area (Å²) in [6.45, 7) is 0. The maximum Gasteiger partial charge on any atom is 0.335 e. The van der Waals surface area contributed by atoms with E-state index in [2.05, 4.69) is 37.2 Å². The average molecular weight is 466 g/mol. The Morgan fingerprint density at radius 2 is 1.72 bits per heavy atom. The van der Waals surface area contributed by atoms with Gasteiger partial charge in [0, 0.05) is 10.0 Å². The van der Waals surface area contributed by atoms with Gasteiger partial charge in [0.05, 0.1) is 10.2 Å². The van der Waals surface area contributed by atoms with Gasteiger partial charge in [-0.25, -0.2) is 9.69 Å². The van der Waals surface area contributed by atoms with Gasteiger partial charge in [0.2, 0.25) is 0 Å². The molecule has 2 aromatic carbocycles. The fourth-order valence-corrected chi connectivity index (χ4v) is 3.58. The third-order valence-corrected chi connectivity index (χ3v) is 4.54. The number of aromatic hydroxyl groups is 1. The second-order valence-corrected chi connectivity index (χ2v) is 6.89. The van der Waals surface area contributed by atoms with Crippen LogP contribution < -0.4 is 10.2 Å². The molecule has 126 valence electrons. The Labute approximate surface area is 159 Å². The lowest BCUT2D eigenvalue weighted by atomic mass is 10.1. The van der Waals surface area contributed by atoms with Gasteiger partial charge in [0.1, 0.15) is 11.3 Å². The van der Waals surface area contributed by atoms with Crippen molar-refractivity contribution in [1.29, 1.82) is 0 Å². The summed E-state index contributed by atoms with van der Waals surface area (Å²) >= 11 is 6.47. The van der Waals surface area contributed by atoms with E-state index >= 15 is 0 Å². The molecule has 0 aromatic heterocycles. The van der Waals surface area contributed by atoms with Crippen LogP contribution in [0.2, 0.25) is 0 Å². The van der Waals surface area contributed by atoms with Crippen LogP contribution in [0, 0.1) is 0 Å². The van der Waals surface area contributed by atoms with Crippen LogP contribution >= 0.6 is 31.9 Å². The highest BCUT2D eigenvalue weighted by Gasteiger charge is 2.36. The number of phenols is 1. The molecule has 0 aliphatic carbocycles. The van der Waals surface area contributed by atoms with Crippen LogP contribution in [0.5, 0.6) is 5.75 Å². The third kappa shape index (κ3) is 3.35. The number of hydrogen-bond donors (Lipinski definition) is 2. The zero-order valence-corrected chi connectivity index (χ0v) is 15.7. The molecule has 1 fully saturated rings. The Hall–Kier alpha value is -2.45. The van der Waals surface area contributed by atoms with Crippen LogP contribution in [0.1, 0.15) is 5.56 Å². The number of phenolic OH excluding ortho intramolecular Hbond substituents is 1. The average Bonchev–Trinajstić information content (AvgIpc) is 2.56. The maximum absolute atomic E-state index is 12.7. The summed E-state index contributed by atoms with van der Waals surface area (Å²) in [5, 5.41) is 12.3. The molecule has 0 saturated carbocycles. The summed E-state index contributed by atoms with van der Waals surface area (Å²) in [7, 11) is 0. The monoisotopic (exact) mass is 464 g/mol. The molecule has 8 heteroatoms. The number of carbonyl (C=O) groups is 3. The number of urea groups is 1. The Balaban J connectivity index is 2.08. The Bertz CT molecular complexity index is 926. The highest BCUT2D eigenvalue weighted by Crippen LogP contribution is 2.33. The van der Waals surface area contributed by atoms with Crippen molar-refractivity contribution in [3.05, 3.63) is 62.5 Å². The standard InChI is InChI=1S/C17H10Br2N2O4/c18-10-6-9(14(22)13(19)8-10)7-12-15(23)20-17(25)21(16(12)24)11-4-2-1-3-5-11/h1-8,22H,(H,20,23,25)/b12-7+. The molecule has 25 heavy (non-hydrogen) atoms. The molecule has 3 rings (SSSR count). The lowest BCUT2D eigenvalue weighted by molar-refractivity contribution is -0.122. The highest BCUT2D eigenvalue weighted by molar-refractivity contribution is 9.11. The van der Waals surface area contributed by atoms with Crippen LogP contribution in [-0.2, 0) is 9.59 Å². The van der Waals surface area contributed by atoms with Crippen molar-refractivity contribution in [2.75, 3.05) is 4.90 Å². The number of anilines is 1. The van der Waals surface area contributed by atoms with E-state index in [9.17, 15) is 19.5 Å². The Kier molecular flexibility index (Phi) is 4.73. The zero-order chi connectivity index (χ0) is 18.1. The van der Waals surface area contributed by atoms with Crippen LogP contribution in [0.4, 0.5) is 10.5 Å². The summed E-state index contributed by atoms with van der Waals surface area (Å²) in [5.41, 5.74) is 0.328. The van der Waals surface area contributed by atoms with Crippen molar-refractivity contribution in [1.82, 2.24) is 5.32 Å². The SMILES string of the molecule is O=C1NC(=O)N(c2ccccc2)C(=O)/C1=C/c1cc(Br)cc(Br)c1O. The van der Waals surface area contributed by atoms with Crippen molar-refractivity contribution in [2.24, 2.45) is 0 Å². The van der Waals surface area contributed by atoms with Crippen molar-refractivity contribution in [2.45, 2.75) is 0 Å². The zero-order valence-electron chi connectivity index (χ0n) is 12.5. The lowest BCUT2D eigenvalue weighted by Gasteiger charge is -2.26. The molecule has 0 spiro atoms. The summed E-state index contributed by atoms with van der Waals surface area (Å²) in [5.74, 6) is -1.72. The second-order valence-electron chi connectivity index (χ2n) is 5.12. The minimum Gasteiger partial charge on any atom is -0.506 e. The quantitative estimate of drug-likeness (QED) is 0.524. The van der Waals surface area contributed by atoms with Crippen molar-refractivity contribution < 1.29 is 19.5 Å². The molecule has 1 saturated heterocycles. The maximum atomic E-state index is 12.7. The number of nitrogens with zero attached hydrogens (tertiary/aromatic N) is 1. The number of carbonyl (C=O) groups excluding carboxylic acids is 3. The van der Waals surface area contributed by atoms with Gasteiger partial charge >= 0.3 is 6.03 Å². The summed E-state index contributed by atoms with van der Waals surface area (Å²) in [4.78, 5) is 37.8.